The maximum Gasteiger partial charge on any atom is 0.353 e. The van der Waals surface area contributed by atoms with Gasteiger partial charge in [-0.3, -0.25) is 5.21 Å². The van der Waals surface area contributed by atoms with Crippen LogP contribution in [0.1, 0.15) is 5.56 Å². The summed E-state index contributed by atoms with van der Waals surface area (Å²) in [7, 11) is 0. The summed E-state index contributed by atoms with van der Waals surface area (Å²) in [6.45, 7) is 0. The number of halogens is 1. The Bertz CT molecular complexity index is 498. The van der Waals surface area contributed by atoms with Crippen LogP contribution in [0, 0.1) is 5.82 Å². The zero-order chi connectivity index (χ0) is 12.4. The molecule has 88 valence electrons. The Morgan fingerprint density at radius 1 is 1.35 bits per heavy atom. The van der Waals surface area contributed by atoms with Gasteiger partial charge in [-0.25, -0.2) is 14.2 Å². The van der Waals surface area contributed by atoms with Gasteiger partial charge in [0.05, 0.1) is 6.20 Å². The number of hydrogen-bond donors (Lipinski definition) is 2. The molecule has 0 unspecified atom stereocenters. The largest absolute Gasteiger partial charge is 0.478 e. The van der Waals surface area contributed by atoms with Gasteiger partial charge in [0, 0.05) is 5.56 Å². The smallest absolute Gasteiger partial charge is 0.353 e. The Morgan fingerprint density at radius 2 is 2.00 bits per heavy atom. The highest BCUT2D eigenvalue weighted by molar-refractivity contribution is 5.74. The first-order valence-electron chi connectivity index (χ1n) is 4.66. The molecule has 6 nitrogen and oxygen atoms in total. The second-order valence-electron chi connectivity index (χ2n) is 3.33. The Hall–Kier alpha value is -2.28. The number of hydrogen-bond acceptors (Lipinski definition) is 5. The third-order valence-electron chi connectivity index (χ3n) is 2.14. The van der Waals surface area contributed by atoms with Crippen LogP contribution in [-0.2, 0) is 4.79 Å². The Balaban J connectivity index is 2.26. The van der Waals surface area contributed by atoms with E-state index in [0.29, 0.717) is 10.6 Å². The van der Waals surface area contributed by atoms with Gasteiger partial charge < -0.3 is 5.11 Å². The fraction of sp³-hybridized carbons (Fsp3) is 0.100. The van der Waals surface area contributed by atoms with E-state index in [9.17, 15) is 14.4 Å². The van der Waals surface area contributed by atoms with E-state index in [1.165, 1.54) is 24.3 Å². The van der Waals surface area contributed by atoms with E-state index in [0.717, 1.165) is 6.20 Å². The van der Waals surface area contributed by atoms with Crippen LogP contribution in [0.25, 0.3) is 5.70 Å². The second-order valence-corrected chi connectivity index (χ2v) is 3.33. The molecule has 0 aliphatic carbocycles. The Kier molecular flexibility index (Phi) is 2.84. The van der Waals surface area contributed by atoms with E-state index >= 15 is 0 Å². The second kappa shape index (κ2) is 4.30. The van der Waals surface area contributed by atoms with Crippen LogP contribution in [0.15, 0.2) is 40.7 Å². The maximum atomic E-state index is 12.7. The van der Waals surface area contributed by atoms with Gasteiger partial charge in [-0.1, -0.05) is 0 Å². The Labute approximate surface area is 95.3 Å². The van der Waals surface area contributed by atoms with Gasteiger partial charge >= 0.3 is 5.97 Å². The number of aliphatic carboxylic acids is 1. The SMILES string of the molecule is O=C(O)[C@H]1N=NC(c2ccc(F)cc2)=CN1O. The first-order chi connectivity index (χ1) is 8.08. The van der Waals surface area contributed by atoms with Crippen LogP contribution in [0.5, 0.6) is 0 Å². The first kappa shape index (κ1) is 11.2. The summed E-state index contributed by atoms with van der Waals surface area (Å²) in [4.78, 5) is 10.6. The van der Waals surface area contributed by atoms with Crippen molar-refractivity contribution >= 4 is 11.7 Å². The number of azo groups is 1. The van der Waals surface area contributed by atoms with Crippen LogP contribution < -0.4 is 0 Å². The monoisotopic (exact) mass is 237 g/mol. The number of nitrogens with zero attached hydrogens (tertiary/aromatic N) is 3. The maximum absolute atomic E-state index is 12.7. The lowest BCUT2D eigenvalue weighted by molar-refractivity contribution is -0.157. The lowest BCUT2D eigenvalue weighted by Gasteiger charge is -2.20. The molecule has 0 aromatic heterocycles. The van der Waals surface area contributed by atoms with Crippen LogP contribution >= 0.6 is 0 Å². The lowest BCUT2D eigenvalue weighted by Crippen LogP contribution is -2.35. The minimum atomic E-state index is -1.45. The van der Waals surface area contributed by atoms with Crippen molar-refractivity contribution in [1.29, 1.82) is 0 Å². The van der Waals surface area contributed by atoms with E-state index in [1.54, 1.807) is 0 Å². The van der Waals surface area contributed by atoms with E-state index in [2.05, 4.69) is 10.2 Å². The summed E-state index contributed by atoms with van der Waals surface area (Å²) in [6, 6.07) is 5.37. The zero-order valence-electron chi connectivity index (χ0n) is 8.49. The van der Waals surface area contributed by atoms with Crippen molar-refractivity contribution in [3.63, 3.8) is 0 Å². The molecule has 0 fully saturated rings. The molecule has 2 N–H and O–H groups in total. The Morgan fingerprint density at radius 3 is 2.53 bits per heavy atom. The molecule has 0 saturated heterocycles. The van der Waals surface area contributed by atoms with Gasteiger partial charge in [0.1, 0.15) is 11.5 Å². The van der Waals surface area contributed by atoms with Crippen molar-refractivity contribution < 1.29 is 19.5 Å². The highest BCUT2D eigenvalue weighted by Gasteiger charge is 2.25. The predicted molar refractivity (Wildman–Crippen MR) is 54.3 cm³/mol. The van der Waals surface area contributed by atoms with Crippen molar-refractivity contribution in [3.05, 3.63) is 41.8 Å². The number of benzene rings is 1. The molecule has 0 saturated carbocycles. The minimum Gasteiger partial charge on any atom is -0.478 e. The average Bonchev–Trinajstić information content (AvgIpc) is 2.29. The van der Waals surface area contributed by atoms with Crippen molar-refractivity contribution in [2.24, 2.45) is 10.2 Å². The lowest BCUT2D eigenvalue weighted by atomic mass is 10.1. The first-order valence-corrected chi connectivity index (χ1v) is 4.66. The molecule has 1 aliphatic rings. The molecule has 0 spiro atoms. The quantitative estimate of drug-likeness (QED) is 0.819. The highest BCUT2D eigenvalue weighted by Crippen LogP contribution is 2.22. The summed E-state index contributed by atoms with van der Waals surface area (Å²) in [5.74, 6) is -1.71. The molecule has 1 aliphatic heterocycles. The van der Waals surface area contributed by atoms with Crippen molar-refractivity contribution in [2.75, 3.05) is 0 Å². The van der Waals surface area contributed by atoms with Gasteiger partial charge in [0.2, 0.25) is 0 Å². The van der Waals surface area contributed by atoms with E-state index in [-0.39, 0.29) is 5.70 Å². The van der Waals surface area contributed by atoms with Gasteiger partial charge in [0.25, 0.3) is 6.17 Å². The highest BCUT2D eigenvalue weighted by atomic mass is 19.1. The number of carbonyl (C=O) groups is 1. The standard InChI is InChI=1S/C10H8FN3O3/c11-7-3-1-6(2-4-7)8-5-14(17)9(10(15)16)13-12-8/h1-5,9,17H,(H,15,16)/t9-/m0/s1. The summed E-state index contributed by atoms with van der Waals surface area (Å²) < 4.78 is 12.7. The zero-order valence-corrected chi connectivity index (χ0v) is 8.49. The van der Waals surface area contributed by atoms with Crippen LogP contribution in [0.2, 0.25) is 0 Å². The number of rotatable bonds is 2. The fourth-order valence-electron chi connectivity index (χ4n) is 1.31. The van der Waals surface area contributed by atoms with Crippen molar-refractivity contribution in [1.82, 2.24) is 5.06 Å². The molecule has 1 aromatic rings. The summed E-state index contributed by atoms with van der Waals surface area (Å²) in [6.07, 6.45) is -0.321. The number of carboxylic acids is 1. The van der Waals surface area contributed by atoms with E-state index in [1.807, 2.05) is 0 Å². The number of hydroxylamine groups is 2. The summed E-state index contributed by atoms with van der Waals surface area (Å²) >= 11 is 0. The summed E-state index contributed by atoms with van der Waals surface area (Å²) in [5, 5.41) is 25.6. The molecular formula is C10H8FN3O3. The van der Waals surface area contributed by atoms with Gasteiger partial charge in [-0.15, -0.1) is 5.11 Å². The molecule has 7 heteroatoms. The number of carboxylic acid groups (broad SMARTS) is 1. The molecule has 0 radical (unpaired) electrons. The molecular weight excluding hydrogens is 229 g/mol. The molecule has 0 bridgehead atoms. The van der Waals surface area contributed by atoms with E-state index in [4.69, 9.17) is 5.11 Å². The fourth-order valence-corrected chi connectivity index (χ4v) is 1.31. The third kappa shape index (κ3) is 2.28. The minimum absolute atomic E-state index is 0.255. The molecule has 2 rings (SSSR count). The van der Waals surface area contributed by atoms with Gasteiger partial charge in [-0.2, -0.15) is 5.11 Å². The van der Waals surface area contributed by atoms with Crippen LogP contribution in [0.3, 0.4) is 0 Å². The van der Waals surface area contributed by atoms with Crippen LogP contribution in [-0.4, -0.2) is 27.5 Å². The molecule has 1 aromatic carbocycles. The van der Waals surface area contributed by atoms with Gasteiger partial charge in [0.15, 0.2) is 0 Å². The summed E-state index contributed by atoms with van der Waals surface area (Å²) in [5.41, 5.74) is 0.781. The molecule has 1 heterocycles. The van der Waals surface area contributed by atoms with Crippen LogP contribution in [0.4, 0.5) is 4.39 Å². The topological polar surface area (TPSA) is 85.5 Å². The average molecular weight is 237 g/mol. The predicted octanol–water partition coefficient (Wildman–Crippen LogP) is 1.69. The van der Waals surface area contributed by atoms with Gasteiger partial charge in [-0.05, 0) is 24.3 Å². The molecule has 17 heavy (non-hydrogen) atoms. The van der Waals surface area contributed by atoms with Crippen molar-refractivity contribution in [2.45, 2.75) is 6.17 Å². The normalized spacial score (nSPS) is 19.1. The molecule has 0 amide bonds. The molecule has 1 atom stereocenters. The third-order valence-corrected chi connectivity index (χ3v) is 2.14. The van der Waals surface area contributed by atoms with E-state index < -0.39 is 18.0 Å². The van der Waals surface area contributed by atoms with Crippen molar-refractivity contribution in [3.8, 4) is 0 Å².